The Morgan fingerprint density at radius 2 is 1.47 bits per heavy atom. The van der Waals surface area contributed by atoms with E-state index >= 15 is 0 Å². The summed E-state index contributed by atoms with van der Waals surface area (Å²) in [5.41, 5.74) is 0.558. The molecule has 10 nitrogen and oxygen atoms in total. The Labute approximate surface area is 208 Å². The molecule has 1 fully saturated rings. The van der Waals surface area contributed by atoms with Gasteiger partial charge in [-0.25, -0.2) is 0 Å². The molecule has 11 heteroatoms. The summed E-state index contributed by atoms with van der Waals surface area (Å²) in [7, 11) is -1.55. The molecule has 1 atom stereocenters. The minimum absolute atomic E-state index is 0.0362. The average Bonchev–Trinajstić information content (AvgIpc) is 3.38. The summed E-state index contributed by atoms with van der Waals surface area (Å²) in [5.74, 6) is -3.22. The molecule has 194 valence electrons. The van der Waals surface area contributed by atoms with Crippen molar-refractivity contribution in [3.8, 4) is 0 Å². The first-order valence-corrected chi connectivity index (χ1v) is 13.4. The van der Waals surface area contributed by atoms with Gasteiger partial charge in [-0.1, -0.05) is 0 Å². The summed E-state index contributed by atoms with van der Waals surface area (Å²) >= 11 is 0. The molecular formula is C25H31N2O8P. The van der Waals surface area contributed by atoms with E-state index in [2.05, 4.69) is 0 Å². The summed E-state index contributed by atoms with van der Waals surface area (Å²) < 4.78 is 24.5. The molecule has 0 radical (unpaired) electrons. The summed E-state index contributed by atoms with van der Waals surface area (Å²) in [4.78, 5) is 37.8. The fraction of sp³-hybridized carbons (Fsp3) is 0.360. The first kappa shape index (κ1) is 26.4. The molecule has 2 heterocycles. The van der Waals surface area contributed by atoms with Crippen molar-refractivity contribution < 1.29 is 28.5 Å². The SMILES string of the molecule is CO[PH](O)(OC)C(O)CC1(c2cn(Cc3ccccc3)c(=O)n(Cc3ccccc3)c2=O)OCCO1. The zero-order valence-electron chi connectivity index (χ0n) is 20.2. The Morgan fingerprint density at radius 3 is 2.00 bits per heavy atom. The normalized spacial score (nSPS) is 16.7. The van der Waals surface area contributed by atoms with Crippen molar-refractivity contribution in [2.45, 2.75) is 31.1 Å². The van der Waals surface area contributed by atoms with Gasteiger partial charge in [0.25, 0.3) is 0 Å². The number of rotatable bonds is 10. The van der Waals surface area contributed by atoms with Crippen LogP contribution in [0.5, 0.6) is 0 Å². The van der Waals surface area contributed by atoms with Gasteiger partial charge in [0.05, 0.1) is 0 Å². The van der Waals surface area contributed by atoms with Gasteiger partial charge >= 0.3 is 209 Å². The number of hydrogen-bond donors (Lipinski definition) is 2. The third kappa shape index (κ3) is 5.35. The maximum absolute atomic E-state index is 13.8. The molecule has 1 aliphatic heterocycles. The van der Waals surface area contributed by atoms with E-state index in [0.717, 1.165) is 15.7 Å². The molecule has 1 aromatic heterocycles. The van der Waals surface area contributed by atoms with E-state index in [4.69, 9.17) is 18.5 Å². The van der Waals surface area contributed by atoms with Crippen LogP contribution < -0.4 is 11.2 Å². The van der Waals surface area contributed by atoms with Gasteiger partial charge in [0.2, 0.25) is 0 Å². The number of aliphatic hydroxyl groups excluding tert-OH is 1. The molecular weight excluding hydrogens is 487 g/mol. The van der Waals surface area contributed by atoms with Crippen molar-refractivity contribution in [1.82, 2.24) is 9.13 Å². The van der Waals surface area contributed by atoms with Gasteiger partial charge in [-0.05, 0) is 0 Å². The molecule has 4 rings (SSSR count). The van der Waals surface area contributed by atoms with Crippen LogP contribution in [0.15, 0.2) is 76.4 Å². The Kier molecular flexibility index (Phi) is 8.17. The van der Waals surface area contributed by atoms with Gasteiger partial charge in [-0.3, -0.25) is 0 Å². The predicted octanol–water partition coefficient (Wildman–Crippen LogP) is 1.79. The number of aliphatic hydroxyl groups is 1. The van der Waals surface area contributed by atoms with E-state index in [1.54, 1.807) is 0 Å². The minimum atomic E-state index is -4.01. The van der Waals surface area contributed by atoms with Gasteiger partial charge in [0, 0.05) is 0 Å². The molecule has 36 heavy (non-hydrogen) atoms. The number of ether oxygens (including phenoxy) is 2. The molecule has 1 aliphatic rings. The molecule has 0 saturated carbocycles. The number of hydrogen-bond acceptors (Lipinski definition) is 8. The fourth-order valence-electron chi connectivity index (χ4n) is 4.29. The molecule has 0 aliphatic carbocycles. The summed E-state index contributed by atoms with van der Waals surface area (Å²) in [6.07, 6.45) is 1.08. The maximum atomic E-state index is 13.8. The fourth-order valence-corrected chi connectivity index (χ4v) is 5.53. The molecule has 3 aromatic rings. The molecule has 2 aromatic carbocycles. The van der Waals surface area contributed by atoms with Crippen LogP contribution in [0.3, 0.4) is 0 Å². The molecule has 2 N–H and O–H groups in total. The van der Waals surface area contributed by atoms with Crippen LogP contribution in [0.25, 0.3) is 0 Å². The van der Waals surface area contributed by atoms with Crippen molar-refractivity contribution in [3.63, 3.8) is 0 Å². The monoisotopic (exact) mass is 518 g/mol. The van der Waals surface area contributed by atoms with Crippen LogP contribution >= 0.6 is 7.94 Å². The summed E-state index contributed by atoms with van der Waals surface area (Å²) in [5, 5.41) is 10.8. The molecule has 0 amide bonds. The summed E-state index contributed by atoms with van der Waals surface area (Å²) in [6.45, 7) is 0.551. The van der Waals surface area contributed by atoms with Gasteiger partial charge in [-0.2, -0.15) is 0 Å². The molecule has 0 spiro atoms. The summed E-state index contributed by atoms with van der Waals surface area (Å²) in [6, 6.07) is 18.5. The third-order valence-electron chi connectivity index (χ3n) is 6.25. The Balaban J connectivity index is 1.85. The second-order valence-corrected chi connectivity index (χ2v) is 11.3. The van der Waals surface area contributed by atoms with E-state index in [9.17, 15) is 19.6 Å². The first-order chi connectivity index (χ1) is 17.3. The average molecular weight is 519 g/mol. The Hall–Kier alpha value is -2.69. The zero-order valence-corrected chi connectivity index (χ0v) is 21.2. The topological polar surface area (TPSA) is 121 Å². The van der Waals surface area contributed by atoms with E-state index < -0.39 is 30.8 Å². The predicted molar refractivity (Wildman–Crippen MR) is 135 cm³/mol. The second kappa shape index (κ2) is 11.1. The van der Waals surface area contributed by atoms with Crippen molar-refractivity contribution in [1.29, 1.82) is 0 Å². The van der Waals surface area contributed by atoms with Crippen LogP contribution in [-0.2, 0) is 37.4 Å². The van der Waals surface area contributed by atoms with Crippen LogP contribution in [-0.4, -0.2) is 52.4 Å². The van der Waals surface area contributed by atoms with Crippen molar-refractivity contribution in [2.75, 3.05) is 27.4 Å². The van der Waals surface area contributed by atoms with Crippen LogP contribution in [0.2, 0.25) is 0 Å². The number of benzene rings is 2. The van der Waals surface area contributed by atoms with Crippen LogP contribution in [0.4, 0.5) is 0 Å². The van der Waals surface area contributed by atoms with E-state index in [1.165, 1.54) is 25.0 Å². The van der Waals surface area contributed by atoms with Crippen LogP contribution in [0.1, 0.15) is 23.1 Å². The first-order valence-electron chi connectivity index (χ1n) is 11.5. The van der Waals surface area contributed by atoms with Crippen molar-refractivity contribution in [3.05, 3.63) is 104 Å². The molecule has 0 bridgehead atoms. The van der Waals surface area contributed by atoms with Gasteiger partial charge in [0.1, 0.15) is 0 Å². The van der Waals surface area contributed by atoms with Crippen molar-refractivity contribution in [2.24, 2.45) is 0 Å². The van der Waals surface area contributed by atoms with Gasteiger partial charge in [0.15, 0.2) is 0 Å². The van der Waals surface area contributed by atoms with Gasteiger partial charge < -0.3 is 0 Å². The Bertz CT molecular complexity index is 1270. The number of nitrogens with zero attached hydrogens (tertiary/aromatic N) is 2. The molecule has 1 saturated heterocycles. The molecule has 1 unspecified atom stereocenters. The quantitative estimate of drug-likeness (QED) is 0.390. The third-order valence-corrected chi connectivity index (χ3v) is 8.46. The second-order valence-electron chi connectivity index (χ2n) is 8.52. The Morgan fingerprint density at radius 1 is 0.944 bits per heavy atom. The van der Waals surface area contributed by atoms with Crippen LogP contribution in [0, 0.1) is 0 Å². The van der Waals surface area contributed by atoms with E-state index in [1.807, 2.05) is 60.7 Å². The van der Waals surface area contributed by atoms with Gasteiger partial charge in [-0.15, -0.1) is 0 Å². The van der Waals surface area contributed by atoms with E-state index in [-0.39, 0.29) is 38.3 Å². The standard InChI is InChI=1S/C25H31N2O8P/c1-32-36(31,33-2)22(28)15-25(34-13-14-35-25)21-18-26(16-19-9-5-3-6-10-19)24(30)27(23(21)29)17-20-11-7-4-8-12-20/h3-12,18,22,28,31,36H,13-17H2,1-2H3. The van der Waals surface area contributed by atoms with Crippen molar-refractivity contribution >= 4 is 7.94 Å². The number of aromatic nitrogens is 2. The van der Waals surface area contributed by atoms with E-state index in [0.29, 0.717) is 0 Å². The zero-order chi connectivity index (χ0) is 25.8.